The molecule has 1 aromatic heterocycles. The van der Waals surface area contributed by atoms with Crippen LogP contribution in [0.25, 0.3) is 11.1 Å². The van der Waals surface area contributed by atoms with Gasteiger partial charge in [-0.25, -0.2) is 0 Å². The van der Waals surface area contributed by atoms with E-state index in [9.17, 15) is 0 Å². The molecule has 0 fully saturated rings. The molecule has 0 saturated heterocycles. The van der Waals surface area contributed by atoms with Crippen LogP contribution in [0.5, 0.6) is 0 Å². The summed E-state index contributed by atoms with van der Waals surface area (Å²) in [6.45, 7) is 4.17. The molecule has 0 aliphatic rings. The zero-order valence-corrected chi connectivity index (χ0v) is 9.75. The van der Waals surface area contributed by atoms with Gasteiger partial charge in [0.2, 0.25) is 0 Å². The van der Waals surface area contributed by atoms with E-state index in [0.29, 0.717) is 0 Å². The van der Waals surface area contributed by atoms with Gasteiger partial charge in [0, 0.05) is 10.4 Å². The van der Waals surface area contributed by atoms with Gasteiger partial charge in [0.15, 0.2) is 0 Å². The molecule has 2 rings (SSSR count). The second kappa shape index (κ2) is 3.76. The number of aryl methyl sites for hydroxylation is 2. The van der Waals surface area contributed by atoms with Crippen LogP contribution >= 0.6 is 22.9 Å². The number of halogens is 1. The molecule has 2 aromatic rings. The van der Waals surface area contributed by atoms with Gasteiger partial charge in [-0.15, -0.1) is 11.3 Å². The Labute approximate surface area is 93.2 Å². The largest absolute Gasteiger partial charge is 0.128 e. The first-order valence-corrected chi connectivity index (χ1v) is 5.69. The summed E-state index contributed by atoms with van der Waals surface area (Å²) in [5.74, 6) is 0. The van der Waals surface area contributed by atoms with E-state index in [1.807, 2.05) is 0 Å². The van der Waals surface area contributed by atoms with Gasteiger partial charge in [-0.3, -0.25) is 0 Å². The Hall–Kier alpha value is -0.790. The van der Waals surface area contributed by atoms with Crippen molar-refractivity contribution in [2.24, 2.45) is 0 Å². The number of thiophene rings is 1. The molecule has 72 valence electrons. The van der Waals surface area contributed by atoms with E-state index in [4.69, 9.17) is 11.6 Å². The number of rotatable bonds is 1. The molecule has 0 radical (unpaired) electrons. The van der Waals surface area contributed by atoms with Crippen LogP contribution in [-0.4, -0.2) is 0 Å². The van der Waals surface area contributed by atoms with E-state index in [1.54, 1.807) is 11.3 Å². The van der Waals surface area contributed by atoms with Gasteiger partial charge in [0.1, 0.15) is 4.34 Å². The highest BCUT2D eigenvalue weighted by Gasteiger charge is 2.06. The van der Waals surface area contributed by atoms with Crippen LogP contribution in [0, 0.1) is 13.8 Å². The Morgan fingerprint density at radius 2 is 1.71 bits per heavy atom. The van der Waals surface area contributed by atoms with E-state index >= 15 is 0 Å². The first kappa shape index (κ1) is 9.75. The van der Waals surface area contributed by atoms with E-state index in [-0.39, 0.29) is 0 Å². The van der Waals surface area contributed by atoms with Crippen LogP contribution in [-0.2, 0) is 0 Å². The second-order valence-corrected chi connectivity index (χ2v) is 5.27. The summed E-state index contributed by atoms with van der Waals surface area (Å²) in [6.07, 6.45) is 0. The quantitative estimate of drug-likeness (QED) is 0.657. The normalized spacial score (nSPS) is 10.5. The third-order valence-corrected chi connectivity index (χ3v) is 3.45. The third kappa shape index (κ3) is 1.84. The molecule has 0 nitrogen and oxygen atoms in total. The van der Waals surface area contributed by atoms with Crippen molar-refractivity contribution in [3.63, 3.8) is 0 Å². The van der Waals surface area contributed by atoms with Crippen molar-refractivity contribution in [2.75, 3.05) is 0 Å². The highest BCUT2D eigenvalue weighted by atomic mass is 35.5. The number of hydrogen-bond donors (Lipinski definition) is 0. The molecule has 14 heavy (non-hydrogen) atoms. The maximum absolute atomic E-state index is 6.14. The third-order valence-electron chi connectivity index (χ3n) is 2.17. The van der Waals surface area contributed by atoms with Crippen molar-refractivity contribution >= 4 is 22.9 Å². The Morgan fingerprint density at radius 3 is 2.21 bits per heavy atom. The fourth-order valence-corrected chi connectivity index (χ4v) is 2.69. The maximum Gasteiger partial charge on any atom is 0.101 e. The standard InChI is InChI=1S/C12H11ClS/c1-8-3-5-10(6-4-8)11-7-9(2)14-12(11)13/h3-7H,1-2H3. The molecule has 2 heteroatoms. The minimum atomic E-state index is 0.881. The molecule has 1 aromatic carbocycles. The topological polar surface area (TPSA) is 0 Å². The molecule has 0 bridgehead atoms. The Kier molecular flexibility index (Phi) is 2.62. The lowest BCUT2D eigenvalue weighted by Gasteiger charge is -1.99. The summed E-state index contributed by atoms with van der Waals surface area (Å²) in [6, 6.07) is 10.6. The van der Waals surface area contributed by atoms with Crippen LogP contribution in [0.1, 0.15) is 10.4 Å². The first-order chi connectivity index (χ1) is 6.66. The molecule has 0 unspecified atom stereocenters. The van der Waals surface area contributed by atoms with E-state index in [1.165, 1.54) is 16.0 Å². The van der Waals surface area contributed by atoms with Crippen molar-refractivity contribution in [1.29, 1.82) is 0 Å². The highest BCUT2D eigenvalue weighted by Crippen LogP contribution is 2.35. The fraction of sp³-hybridized carbons (Fsp3) is 0.167. The van der Waals surface area contributed by atoms with Gasteiger partial charge in [0.05, 0.1) is 0 Å². The Bertz CT molecular complexity index is 440. The number of hydrogen-bond acceptors (Lipinski definition) is 1. The molecule has 0 spiro atoms. The molecule has 0 saturated carbocycles. The van der Waals surface area contributed by atoms with Gasteiger partial charge in [-0.1, -0.05) is 41.4 Å². The molecular weight excluding hydrogens is 212 g/mol. The molecule has 0 amide bonds. The lowest BCUT2D eigenvalue weighted by atomic mass is 10.1. The predicted octanol–water partition coefficient (Wildman–Crippen LogP) is 4.69. The molecule has 0 aliphatic heterocycles. The Balaban J connectivity index is 2.49. The average Bonchev–Trinajstić information content (AvgIpc) is 2.47. The predicted molar refractivity (Wildman–Crippen MR) is 64.2 cm³/mol. The van der Waals surface area contributed by atoms with Crippen LogP contribution < -0.4 is 0 Å². The van der Waals surface area contributed by atoms with Gasteiger partial charge in [0.25, 0.3) is 0 Å². The molecular formula is C12H11ClS. The monoisotopic (exact) mass is 222 g/mol. The second-order valence-electron chi connectivity index (χ2n) is 3.41. The van der Waals surface area contributed by atoms with Gasteiger partial charge >= 0.3 is 0 Å². The zero-order valence-electron chi connectivity index (χ0n) is 8.17. The first-order valence-electron chi connectivity index (χ1n) is 4.50. The molecule has 1 heterocycles. The molecule has 0 N–H and O–H groups in total. The lowest BCUT2D eigenvalue weighted by Crippen LogP contribution is -1.75. The summed E-state index contributed by atoms with van der Waals surface area (Å²) in [7, 11) is 0. The molecule has 0 atom stereocenters. The highest BCUT2D eigenvalue weighted by molar-refractivity contribution is 7.16. The lowest BCUT2D eigenvalue weighted by molar-refractivity contribution is 1.47. The SMILES string of the molecule is Cc1ccc(-c2cc(C)sc2Cl)cc1. The molecule has 0 aliphatic carbocycles. The van der Waals surface area contributed by atoms with E-state index < -0.39 is 0 Å². The average molecular weight is 223 g/mol. The fourth-order valence-electron chi connectivity index (χ4n) is 1.42. The summed E-state index contributed by atoms with van der Waals surface area (Å²) < 4.78 is 0.881. The van der Waals surface area contributed by atoms with Gasteiger partial charge < -0.3 is 0 Å². The van der Waals surface area contributed by atoms with Crippen molar-refractivity contribution in [1.82, 2.24) is 0 Å². The summed E-state index contributed by atoms with van der Waals surface area (Å²) in [5.41, 5.74) is 3.62. The van der Waals surface area contributed by atoms with Crippen molar-refractivity contribution < 1.29 is 0 Å². The van der Waals surface area contributed by atoms with Crippen molar-refractivity contribution in [2.45, 2.75) is 13.8 Å². The zero-order chi connectivity index (χ0) is 10.1. The smallest absolute Gasteiger partial charge is 0.101 e. The van der Waals surface area contributed by atoms with E-state index in [2.05, 4.69) is 44.2 Å². The number of benzene rings is 1. The Morgan fingerprint density at radius 1 is 1.07 bits per heavy atom. The van der Waals surface area contributed by atoms with Crippen molar-refractivity contribution in [3.8, 4) is 11.1 Å². The van der Waals surface area contributed by atoms with E-state index in [0.717, 1.165) is 9.90 Å². The summed E-state index contributed by atoms with van der Waals surface area (Å²) in [4.78, 5) is 1.26. The summed E-state index contributed by atoms with van der Waals surface area (Å²) in [5, 5.41) is 0. The van der Waals surface area contributed by atoms with Crippen LogP contribution in [0.4, 0.5) is 0 Å². The summed E-state index contributed by atoms with van der Waals surface area (Å²) >= 11 is 7.77. The van der Waals surface area contributed by atoms with Gasteiger partial charge in [-0.2, -0.15) is 0 Å². The van der Waals surface area contributed by atoms with Crippen LogP contribution in [0.3, 0.4) is 0 Å². The van der Waals surface area contributed by atoms with Crippen molar-refractivity contribution in [3.05, 3.63) is 45.1 Å². The van der Waals surface area contributed by atoms with Crippen LogP contribution in [0.15, 0.2) is 30.3 Å². The maximum atomic E-state index is 6.14. The minimum absolute atomic E-state index is 0.881. The van der Waals surface area contributed by atoms with Crippen LogP contribution in [0.2, 0.25) is 4.34 Å². The minimum Gasteiger partial charge on any atom is -0.128 e. The van der Waals surface area contributed by atoms with Gasteiger partial charge in [-0.05, 0) is 25.5 Å².